The molecular weight excluding hydrogens is 264 g/mol. The van der Waals surface area contributed by atoms with Crippen molar-refractivity contribution in [3.8, 4) is 17.1 Å². The first-order chi connectivity index (χ1) is 10.2. The summed E-state index contributed by atoms with van der Waals surface area (Å²) in [5.74, 6) is 1.14. The standard InChI is InChI=1S/C17H18N2O2/c1-12-7-8-13(11-16(12)20)17-18-14-5-3-4-6-15(14)19(17)9-10-21-2/h3-8,11,20H,9-10H2,1-2H3. The first-order valence-corrected chi connectivity index (χ1v) is 6.95. The molecule has 0 atom stereocenters. The average molecular weight is 282 g/mol. The smallest absolute Gasteiger partial charge is 0.141 e. The van der Waals surface area contributed by atoms with Gasteiger partial charge in [0.2, 0.25) is 0 Å². The quantitative estimate of drug-likeness (QED) is 0.798. The van der Waals surface area contributed by atoms with E-state index < -0.39 is 0 Å². The zero-order chi connectivity index (χ0) is 14.8. The predicted octanol–water partition coefficient (Wildman–Crippen LogP) is 3.36. The zero-order valence-electron chi connectivity index (χ0n) is 12.2. The lowest BCUT2D eigenvalue weighted by atomic mass is 10.1. The van der Waals surface area contributed by atoms with Crippen molar-refractivity contribution in [3.63, 3.8) is 0 Å². The molecule has 1 N–H and O–H groups in total. The topological polar surface area (TPSA) is 47.3 Å². The molecule has 4 nitrogen and oxygen atoms in total. The molecule has 0 unspecified atom stereocenters. The van der Waals surface area contributed by atoms with Gasteiger partial charge in [-0.1, -0.05) is 24.3 Å². The number of para-hydroxylation sites is 2. The first kappa shape index (κ1) is 13.6. The van der Waals surface area contributed by atoms with Crippen molar-refractivity contribution in [1.29, 1.82) is 0 Å². The fraction of sp³-hybridized carbons (Fsp3) is 0.235. The number of aromatic nitrogens is 2. The second-order valence-corrected chi connectivity index (χ2v) is 5.07. The number of nitrogens with zero attached hydrogens (tertiary/aromatic N) is 2. The van der Waals surface area contributed by atoms with E-state index in [9.17, 15) is 5.11 Å². The molecule has 0 bridgehead atoms. The monoisotopic (exact) mass is 282 g/mol. The third kappa shape index (κ3) is 2.50. The Morgan fingerprint density at radius 2 is 2.00 bits per heavy atom. The molecule has 0 fully saturated rings. The number of methoxy groups -OCH3 is 1. The van der Waals surface area contributed by atoms with Gasteiger partial charge in [-0.3, -0.25) is 0 Å². The maximum atomic E-state index is 9.94. The minimum absolute atomic E-state index is 0.290. The number of hydrogen-bond acceptors (Lipinski definition) is 3. The molecule has 0 radical (unpaired) electrons. The second kappa shape index (κ2) is 5.58. The fourth-order valence-electron chi connectivity index (χ4n) is 2.45. The number of imidazole rings is 1. The maximum Gasteiger partial charge on any atom is 0.141 e. The number of aryl methyl sites for hydroxylation is 1. The molecule has 1 heterocycles. The highest BCUT2D eigenvalue weighted by Gasteiger charge is 2.13. The van der Waals surface area contributed by atoms with Crippen LogP contribution in [0, 0.1) is 6.92 Å². The predicted molar refractivity (Wildman–Crippen MR) is 83.4 cm³/mol. The molecule has 0 spiro atoms. The summed E-state index contributed by atoms with van der Waals surface area (Å²) in [6.07, 6.45) is 0. The van der Waals surface area contributed by atoms with Crippen LogP contribution < -0.4 is 0 Å². The van der Waals surface area contributed by atoms with E-state index in [2.05, 4.69) is 10.6 Å². The number of phenolic OH excluding ortho intramolecular Hbond substituents is 1. The van der Waals surface area contributed by atoms with Crippen LogP contribution in [0.4, 0.5) is 0 Å². The molecule has 21 heavy (non-hydrogen) atoms. The van der Waals surface area contributed by atoms with Crippen LogP contribution in [0.2, 0.25) is 0 Å². The molecule has 108 valence electrons. The van der Waals surface area contributed by atoms with E-state index in [0.29, 0.717) is 6.61 Å². The van der Waals surface area contributed by atoms with Crippen LogP contribution in [-0.4, -0.2) is 28.4 Å². The van der Waals surface area contributed by atoms with Crippen molar-refractivity contribution in [2.45, 2.75) is 13.5 Å². The zero-order valence-corrected chi connectivity index (χ0v) is 12.2. The summed E-state index contributed by atoms with van der Waals surface area (Å²) in [6.45, 7) is 3.22. The van der Waals surface area contributed by atoms with Gasteiger partial charge in [-0.25, -0.2) is 4.98 Å². The van der Waals surface area contributed by atoms with E-state index in [1.165, 1.54) is 0 Å². The highest BCUT2D eigenvalue weighted by Crippen LogP contribution is 2.28. The number of aromatic hydroxyl groups is 1. The highest BCUT2D eigenvalue weighted by atomic mass is 16.5. The van der Waals surface area contributed by atoms with E-state index in [1.54, 1.807) is 13.2 Å². The van der Waals surface area contributed by atoms with E-state index in [4.69, 9.17) is 9.72 Å². The summed E-state index contributed by atoms with van der Waals surface area (Å²) in [5, 5.41) is 9.94. The van der Waals surface area contributed by atoms with Gasteiger partial charge in [-0.2, -0.15) is 0 Å². The molecule has 2 aromatic carbocycles. The number of phenols is 1. The van der Waals surface area contributed by atoms with Gasteiger partial charge in [0.15, 0.2) is 0 Å². The molecule has 0 amide bonds. The average Bonchev–Trinajstić information content (AvgIpc) is 2.86. The number of rotatable bonds is 4. The van der Waals surface area contributed by atoms with Crippen molar-refractivity contribution in [2.24, 2.45) is 0 Å². The van der Waals surface area contributed by atoms with Crippen molar-refractivity contribution in [2.75, 3.05) is 13.7 Å². The Labute approximate surface area is 123 Å². The van der Waals surface area contributed by atoms with Crippen LogP contribution in [0.1, 0.15) is 5.56 Å². The van der Waals surface area contributed by atoms with Crippen molar-refractivity contribution < 1.29 is 9.84 Å². The highest BCUT2D eigenvalue weighted by molar-refractivity contribution is 5.80. The summed E-state index contributed by atoms with van der Waals surface area (Å²) >= 11 is 0. The molecule has 0 aliphatic rings. The number of ether oxygens (including phenoxy) is 1. The molecular formula is C17H18N2O2. The van der Waals surface area contributed by atoms with Gasteiger partial charge in [0.1, 0.15) is 11.6 Å². The molecule has 1 aromatic heterocycles. The van der Waals surface area contributed by atoms with Crippen molar-refractivity contribution >= 4 is 11.0 Å². The van der Waals surface area contributed by atoms with Gasteiger partial charge in [0.05, 0.1) is 17.6 Å². The number of benzene rings is 2. The molecule has 3 aromatic rings. The van der Waals surface area contributed by atoms with E-state index in [-0.39, 0.29) is 5.75 Å². The molecule has 3 rings (SSSR count). The van der Waals surface area contributed by atoms with Crippen LogP contribution in [0.15, 0.2) is 42.5 Å². The van der Waals surface area contributed by atoms with Crippen LogP contribution in [0.5, 0.6) is 5.75 Å². The normalized spacial score (nSPS) is 11.1. The largest absolute Gasteiger partial charge is 0.508 e. The van der Waals surface area contributed by atoms with Gasteiger partial charge in [-0.15, -0.1) is 0 Å². The number of fused-ring (bicyclic) bond motifs is 1. The summed E-state index contributed by atoms with van der Waals surface area (Å²) in [6, 6.07) is 13.7. The number of hydrogen-bond donors (Lipinski definition) is 1. The van der Waals surface area contributed by atoms with Crippen LogP contribution in [0.25, 0.3) is 22.4 Å². The van der Waals surface area contributed by atoms with E-state index >= 15 is 0 Å². The van der Waals surface area contributed by atoms with E-state index in [1.807, 2.05) is 37.3 Å². The lowest BCUT2D eigenvalue weighted by Gasteiger charge is -2.09. The van der Waals surface area contributed by atoms with Gasteiger partial charge in [0, 0.05) is 19.2 Å². The third-order valence-corrected chi connectivity index (χ3v) is 3.64. The Bertz CT molecular complexity index is 778. The SMILES string of the molecule is COCCn1c(-c2ccc(C)c(O)c2)nc2ccccc21. The van der Waals surface area contributed by atoms with Crippen molar-refractivity contribution in [1.82, 2.24) is 9.55 Å². The molecule has 4 heteroatoms. The summed E-state index contributed by atoms with van der Waals surface area (Å²) in [7, 11) is 1.69. The summed E-state index contributed by atoms with van der Waals surface area (Å²) in [5.41, 5.74) is 3.79. The second-order valence-electron chi connectivity index (χ2n) is 5.07. The van der Waals surface area contributed by atoms with Gasteiger partial charge >= 0.3 is 0 Å². The molecule has 0 aliphatic heterocycles. The van der Waals surface area contributed by atoms with Gasteiger partial charge in [-0.05, 0) is 30.7 Å². The summed E-state index contributed by atoms with van der Waals surface area (Å²) < 4.78 is 7.33. The van der Waals surface area contributed by atoms with Crippen LogP contribution in [0.3, 0.4) is 0 Å². The minimum atomic E-state index is 0.290. The Hall–Kier alpha value is -2.33. The lowest BCUT2D eigenvalue weighted by Crippen LogP contribution is -2.05. The maximum absolute atomic E-state index is 9.94. The molecule has 0 saturated heterocycles. The third-order valence-electron chi connectivity index (χ3n) is 3.64. The first-order valence-electron chi connectivity index (χ1n) is 6.95. The van der Waals surface area contributed by atoms with Crippen LogP contribution >= 0.6 is 0 Å². The Balaban J connectivity index is 2.17. The van der Waals surface area contributed by atoms with Gasteiger partial charge in [0.25, 0.3) is 0 Å². The molecule has 0 aliphatic carbocycles. The molecule has 0 saturated carbocycles. The van der Waals surface area contributed by atoms with Crippen LogP contribution in [-0.2, 0) is 11.3 Å². The Morgan fingerprint density at radius 3 is 2.76 bits per heavy atom. The van der Waals surface area contributed by atoms with Gasteiger partial charge < -0.3 is 14.4 Å². The van der Waals surface area contributed by atoms with E-state index in [0.717, 1.165) is 34.5 Å². The Morgan fingerprint density at radius 1 is 1.19 bits per heavy atom. The fourth-order valence-corrected chi connectivity index (χ4v) is 2.45. The minimum Gasteiger partial charge on any atom is -0.508 e. The lowest BCUT2D eigenvalue weighted by molar-refractivity contribution is 0.188. The summed E-state index contributed by atoms with van der Waals surface area (Å²) in [4.78, 5) is 4.70. The Kier molecular flexibility index (Phi) is 3.62. The van der Waals surface area contributed by atoms with Crippen molar-refractivity contribution in [3.05, 3.63) is 48.0 Å².